The summed E-state index contributed by atoms with van der Waals surface area (Å²) in [6.07, 6.45) is 3.11. The quantitative estimate of drug-likeness (QED) is 0.720. The molecule has 0 spiro atoms. The lowest BCUT2D eigenvalue weighted by atomic mass is 9.97. The number of Topliss-reactive ketones (excluding diaryl/α,β-unsaturated/α-hetero) is 1. The second kappa shape index (κ2) is 3.82. The van der Waals surface area contributed by atoms with E-state index in [-0.39, 0.29) is 18.6 Å². The normalized spacial score (nSPS) is 26.5. The van der Waals surface area contributed by atoms with E-state index in [4.69, 9.17) is 9.52 Å². The summed E-state index contributed by atoms with van der Waals surface area (Å²) >= 11 is 0. The molecule has 2 unspecified atom stereocenters. The fourth-order valence-corrected chi connectivity index (χ4v) is 1.62. The number of carbonyl (C=O) groups excluding carboxylic acids is 1. The Bertz CT molecular complexity index is 373. The van der Waals surface area contributed by atoms with Crippen LogP contribution in [-0.4, -0.2) is 27.9 Å². The van der Waals surface area contributed by atoms with Crippen molar-refractivity contribution in [3.05, 3.63) is 18.4 Å². The van der Waals surface area contributed by atoms with Crippen LogP contribution in [0.15, 0.2) is 16.9 Å². The van der Waals surface area contributed by atoms with Gasteiger partial charge in [0.1, 0.15) is 18.1 Å². The maximum absolute atomic E-state index is 11.3. The SMILES string of the molecule is O=C1CC(C(=O)O)NC(c2ncco2)C1. The molecule has 2 heterocycles. The van der Waals surface area contributed by atoms with Crippen molar-refractivity contribution >= 4 is 11.8 Å². The maximum Gasteiger partial charge on any atom is 0.321 e. The number of hydrogen-bond donors (Lipinski definition) is 2. The van der Waals surface area contributed by atoms with Gasteiger partial charge >= 0.3 is 5.97 Å². The monoisotopic (exact) mass is 210 g/mol. The van der Waals surface area contributed by atoms with Crippen molar-refractivity contribution in [1.82, 2.24) is 10.3 Å². The van der Waals surface area contributed by atoms with Gasteiger partial charge in [-0.1, -0.05) is 0 Å². The van der Waals surface area contributed by atoms with Crippen LogP contribution >= 0.6 is 0 Å². The number of carboxylic acid groups (broad SMARTS) is 1. The van der Waals surface area contributed by atoms with E-state index in [2.05, 4.69) is 10.3 Å². The molecule has 80 valence electrons. The fraction of sp³-hybridized carbons (Fsp3) is 0.444. The molecule has 1 aliphatic rings. The largest absolute Gasteiger partial charge is 0.480 e. The first-order valence-electron chi connectivity index (χ1n) is 4.57. The molecular weight excluding hydrogens is 200 g/mol. The maximum atomic E-state index is 11.3. The Kier molecular flexibility index (Phi) is 2.51. The van der Waals surface area contributed by atoms with Gasteiger partial charge in [0.2, 0.25) is 5.89 Å². The number of piperidine rings is 1. The van der Waals surface area contributed by atoms with E-state index >= 15 is 0 Å². The molecule has 1 aromatic heterocycles. The van der Waals surface area contributed by atoms with Crippen molar-refractivity contribution in [3.8, 4) is 0 Å². The van der Waals surface area contributed by atoms with Crippen molar-refractivity contribution in [2.45, 2.75) is 24.9 Å². The molecule has 0 saturated carbocycles. The van der Waals surface area contributed by atoms with Gasteiger partial charge in [-0.25, -0.2) is 4.98 Å². The zero-order valence-corrected chi connectivity index (χ0v) is 7.84. The molecule has 1 aromatic rings. The minimum atomic E-state index is -1.03. The molecule has 15 heavy (non-hydrogen) atoms. The Balaban J connectivity index is 2.14. The topological polar surface area (TPSA) is 92.4 Å². The second-order valence-corrected chi connectivity index (χ2v) is 3.43. The van der Waals surface area contributed by atoms with Gasteiger partial charge in [-0.2, -0.15) is 0 Å². The molecule has 2 atom stereocenters. The summed E-state index contributed by atoms with van der Waals surface area (Å²) in [5, 5.41) is 11.6. The number of nitrogens with one attached hydrogen (secondary N) is 1. The zero-order valence-electron chi connectivity index (χ0n) is 7.84. The smallest absolute Gasteiger partial charge is 0.321 e. The summed E-state index contributed by atoms with van der Waals surface area (Å²) in [4.78, 5) is 26.0. The zero-order chi connectivity index (χ0) is 10.8. The predicted octanol–water partition coefficient (Wildman–Crippen LogP) is 0.121. The standard InChI is InChI=1S/C9H10N2O4/c12-5-3-6(8-10-1-2-15-8)11-7(4-5)9(13)14/h1-2,6-7,11H,3-4H2,(H,13,14). The highest BCUT2D eigenvalue weighted by Gasteiger charge is 2.33. The van der Waals surface area contributed by atoms with Crippen molar-refractivity contribution in [3.63, 3.8) is 0 Å². The van der Waals surface area contributed by atoms with Crippen molar-refractivity contribution in [2.75, 3.05) is 0 Å². The van der Waals surface area contributed by atoms with Gasteiger partial charge in [-0.15, -0.1) is 0 Å². The molecule has 0 aliphatic carbocycles. The Hall–Kier alpha value is -1.69. The fourth-order valence-electron chi connectivity index (χ4n) is 1.62. The number of aromatic nitrogens is 1. The van der Waals surface area contributed by atoms with Crippen LogP contribution in [0.1, 0.15) is 24.8 Å². The highest BCUT2D eigenvalue weighted by Crippen LogP contribution is 2.22. The molecule has 1 saturated heterocycles. The summed E-state index contributed by atoms with van der Waals surface area (Å²) in [5.74, 6) is -0.766. The van der Waals surface area contributed by atoms with Gasteiger partial charge in [0.15, 0.2) is 0 Å². The molecule has 6 heteroatoms. The number of carbonyl (C=O) groups is 2. The third kappa shape index (κ3) is 2.04. The summed E-state index contributed by atoms with van der Waals surface area (Å²) in [6.45, 7) is 0. The van der Waals surface area contributed by atoms with E-state index in [9.17, 15) is 9.59 Å². The third-order valence-corrected chi connectivity index (χ3v) is 2.31. The highest BCUT2D eigenvalue weighted by atomic mass is 16.4. The van der Waals surface area contributed by atoms with E-state index in [1.54, 1.807) is 0 Å². The Morgan fingerprint density at radius 1 is 1.60 bits per heavy atom. The van der Waals surface area contributed by atoms with Crippen LogP contribution in [0.3, 0.4) is 0 Å². The van der Waals surface area contributed by atoms with Gasteiger partial charge in [0, 0.05) is 12.8 Å². The molecule has 2 N–H and O–H groups in total. The van der Waals surface area contributed by atoms with Crippen molar-refractivity contribution in [2.24, 2.45) is 0 Å². The lowest BCUT2D eigenvalue weighted by molar-refractivity contribution is -0.143. The lowest BCUT2D eigenvalue weighted by Gasteiger charge is -2.25. The average Bonchev–Trinajstić information content (AvgIpc) is 2.69. The minimum absolute atomic E-state index is 0.0204. The van der Waals surface area contributed by atoms with E-state index in [1.165, 1.54) is 12.5 Å². The number of hydrogen-bond acceptors (Lipinski definition) is 5. The Morgan fingerprint density at radius 2 is 2.40 bits per heavy atom. The van der Waals surface area contributed by atoms with Crippen molar-refractivity contribution < 1.29 is 19.1 Å². The van der Waals surface area contributed by atoms with Crippen molar-refractivity contribution in [1.29, 1.82) is 0 Å². The van der Waals surface area contributed by atoms with Crippen LogP contribution in [0.4, 0.5) is 0 Å². The average molecular weight is 210 g/mol. The number of nitrogens with zero attached hydrogens (tertiary/aromatic N) is 1. The minimum Gasteiger partial charge on any atom is -0.480 e. The molecule has 0 aromatic carbocycles. The van der Waals surface area contributed by atoms with Crippen LogP contribution in [0.25, 0.3) is 0 Å². The van der Waals surface area contributed by atoms with Crippen LogP contribution in [0.2, 0.25) is 0 Å². The Morgan fingerprint density at radius 3 is 3.00 bits per heavy atom. The van der Waals surface area contributed by atoms with Gasteiger partial charge in [-0.05, 0) is 0 Å². The molecule has 1 fully saturated rings. The number of rotatable bonds is 2. The number of oxazole rings is 1. The molecule has 0 amide bonds. The molecule has 1 aliphatic heterocycles. The third-order valence-electron chi connectivity index (χ3n) is 2.31. The van der Waals surface area contributed by atoms with E-state index in [0.29, 0.717) is 5.89 Å². The van der Waals surface area contributed by atoms with Crippen LogP contribution in [0.5, 0.6) is 0 Å². The van der Waals surface area contributed by atoms with E-state index < -0.39 is 18.1 Å². The molecule has 6 nitrogen and oxygen atoms in total. The molecule has 2 rings (SSSR count). The Labute approximate surface area is 85.3 Å². The van der Waals surface area contributed by atoms with Gasteiger partial charge in [0.05, 0.1) is 12.2 Å². The number of ketones is 1. The number of carboxylic acids is 1. The van der Waals surface area contributed by atoms with Crippen LogP contribution in [-0.2, 0) is 9.59 Å². The predicted molar refractivity (Wildman–Crippen MR) is 48.0 cm³/mol. The van der Waals surface area contributed by atoms with Crippen LogP contribution < -0.4 is 5.32 Å². The second-order valence-electron chi connectivity index (χ2n) is 3.43. The lowest BCUT2D eigenvalue weighted by Crippen LogP contribution is -2.45. The summed E-state index contributed by atoms with van der Waals surface area (Å²) in [6, 6.07) is -1.27. The van der Waals surface area contributed by atoms with Gasteiger partial charge in [-0.3, -0.25) is 14.9 Å². The van der Waals surface area contributed by atoms with Crippen LogP contribution in [0, 0.1) is 0 Å². The first-order chi connectivity index (χ1) is 7.16. The van der Waals surface area contributed by atoms with Gasteiger partial charge < -0.3 is 9.52 Å². The first kappa shape index (κ1) is 9.85. The van der Waals surface area contributed by atoms with E-state index in [1.807, 2.05) is 0 Å². The first-order valence-corrected chi connectivity index (χ1v) is 4.57. The molecule has 0 bridgehead atoms. The summed E-state index contributed by atoms with van der Waals surface area (Å²) < 4.78 is 5.03. The molecular formula is C9H10N2O4. The molecule has 0 radical (unpaired) electrons. The summed E-state index contributed by atoms with van der Waals surface area (Å²) in [7, 11) is 0. The van der Waals surface area contributed by atoms with E-state index in [0.717, 1.165) is 0 Å². The number of aliphatic carboxylic acids is 1. The van der Waals surface area contributed by atoms with Gasteiger partial charge in [0.25, 0.3) is 0 Å². The highest BCUT2D eigenvalue weighted by molar-refractivity contribution is 5.87. The summed E-state index contributed by atoms with van der Waals surface area (Å²) in [5.41, 5.74) is 0.